The van der Waals surface area contributed by atoms with E-state index >= 15 is 0 Å². The normalized spacial score (nSPS) is 9.50. The monoisotopic (exact) mass is 278 g/mol. The van der Waals surface area contributed by atoms with Crippen molar-refractivity contribution in [3.8, 4) is 23.4 Å². The third-order valence-electron chi connectivity index (χ3n) is 2.34. The fraction of sp³-hybridized carbons (Fsp3) is 0.429. The topological polar surface area (TPSA) is 80.6 Å². The van der Waals surface area contributed by atoms with Gasteiger partial charge in [0.25, 0.3) is 5.91 Å². The molecule has 1 aromatic rings. The Kier molecular flexibility index (Phi) is 6.17. The highest BCUT2D eigenvalue weighted by Crippen LogP contribution is 2.39. The molecule has 0 unspecified atom stereocenters. The quantitative estimate of drug-likeness (QED) is 0.610. The lowest BCUT2D eigenvalue weighted by Crippen LogP contribution is -2.17. The summed E-state index contributed by atoms with van der Waals surface area (Å²) in [5, 5.41) is 10.6. The van der Waals surface area contributed by atoms with E-state index in [9.17, 15) is 4.79 Å². The average molecular weight is 278 g/mol. The second-order valence-corrected chi connectivity index (χ2v) is 3.67. The molecule has 1 amide bonds. The highest BCUT2D eigenvalue weighted by atomic mass is 16.5. The minimum Gasteiger partial charge on any atom is -0.490 e. The van der Waals surface area contributed by atoms with Crippen molar-refractivity contribution >= 4 is 5.91 Å². The van der Waals surface area contributed by atoms with Gasteiger partial charge in [-0.3, -0.25) is 10.1 Å². The molecule has 0 aliphatic rings. The smallest absolute Gasteiger partial charge is 0.264 e. The second-order valence-electron chi connectivity index (χ2n) is 3.67. The van der Waals surface area contributed by atoms with Gasteiger partial charge in [-0.1, -0.05) is 0 Å². The lowest BCUT2D eigenvalue weighted by Gasteiger charge is -2.16. The molecule has 0 aliphatic carbocycles. The van der Waals surface area contributed by atoms with Crippen LogP contribution in [0.4, 0.5) is 0 Å². The van der Waals surface area contributed by atoms with Crippen molar-refractivity contribution in [2.75, 3.05) is 19.8 Å². The number of rotatable bonds is 7. The summed E-state index contributed by atoms with van der Waals surface area (Å²) in [7, 11) is 0. The van der Waals surface area contributed by atoms with E-state index in [1.807, 2.05) is 20.8 Å². The largest absolute Gasteiger partial charge is 0.490 e. The van der Waals surface area contributed by atoms with Crippen LogP contribution in [-0.2, 0) is 0 Å². The molecule has 0 bridgehead atoms. The minimum absolute atomic E-state index is 0.280. The van der Waals surface area contributed by atoms with E-state index in [2.05, 4.69) is 5.32 Å². The number of hydrogen-bond acceptors (Lipinski definition) is 5. The van der Waals surface area contributed by atoms with E-state index in [-0.39, 0.29) is 5.56 Å². The molecule has 0 atom stereocenters. The van der Waals surface area contributed by atoms with Crippen LogP contribution in [0.25, 0.3) is 0 Å². The zero-order valence-electron chi connectivity index (χ0n) is 11.9. The first-order chi connectivity index (χ1) is 9.67. The van der Waals surface area contributed by atoms with Crippen LogP contribution in [0.3, 0.4) is 0 Å². The number of carbonyl (C=O) groups is 1. The lowest BCUT2D eigenvalue weighted by molar-refractivity contribution is 0.0971. The highest BCUT2D eigenvalue weighted by molar-refractivity contribution is 5.96. The molecule has 6 heteroatoms. The van der Waals surface area contributed by atoms with Crippen LogP contribution in [0.2, 0.25) is 0 Å². The van der Waals surface area contributed by atoms with Crippen LogP contribution in [0.5, 0.6) is 17.2 Å². The summed E-state index contributed by atoms with van der Waals surface area (Å²) in [6.07, 6.45) is 1.60. The van der Waals surface area contributed by atoms with E-state index in [0.717, 1.165) is 0 Å². The van der Waals surface area contributed by atoms with Gasteiger partial charge in [-0.05, 0) is 32.9 Å². The van der Waals surface area contributed by atoms with Crippen molar-refractivity contribution in [1.29, 1.82) is 5.26 Å². The van der Waals surface area contributed by atoms with Crippen LogP contribution >= 0.6 is 0 Å². The second kappa shape index (κ2) is 7.89. The van der Waals surface area contributed by atoms with Crippen LogP contribution in [0.15, 0.2) is 12.1 Å². The molecule has 108 valence electrons. The number of benzene rings is 1. The van der Waals surface area contributed by atoms with E-state index in [1.165, 1.54) is 12.1 Å². The Bertz CT molecular complexity index is 481. The maximum atomic E-state index is 11.7. The summed E-state index contributed by atoms with van der Waals surface area (Å²) in [6, 6.07) is 3.06. The summed E-state index contributed by atoms with van der Waals surface area (Å²) < 4.78 is 16.5. The van der Waals surface area contributed by atoms with E-state index < -0.39 is 5.91 Å². The third-order valence-corrected chi connectivity index (χ3v) is 2.34. The molecule has 0 saturated heterocycles. The van der Waals surface area contributed by atoms with E-state index in [4.69, 9.17) is 19.5 Å². The summed E-state index contributed by atoms with van der Waals surface area (Å²) in [6.45, 7) is 6.81. The van der Waals surface area contributed by atoms with Crippen LogP contribution in [0, 0.1) is 11.5 Å². The van der Waals surface area contributed by atoms with Gasteiger partial charge < -0.3 is 14.2 Å². The molecular formula is C14H18N2O4. The van der Waals surface area contributed by atoms with Gasteiger partial charge >= 0.3 is 0 Å². The van der Waals surface area contributed by atoms with Gasteiger partial charge in [-0.15, -0.1) is 0 Å². The predicted molar refractivity (Wildman–Crippen MR) is 73.0 cm³/mol. The Balaban J connectivity index is 3.29. The number of hydrogen-bond donors (Lipinski definition) is 1. The van der Waals surface area contributed by atoms with Crippen molar-refractivity contribution in [2.24, 2.45) is 0 Å². The van der Waals surface area contributed by atoms with Gasteiger partial charge in [-0.2, -0.15) is 5.26 Å². The van der Waals surface area contributed by atoms with Crippen molar-refractivity contribution in [2.45, 2.75) is 20.8 Å². The summed E-state index contributed by atoms with van der Waals surface area (Å²) in [5.74, 6) is 0.786. The molecule has 0 spiro atoms. The van der Waals surface area contributed by atoms with Gasteiger partial charge in [0.05, 0.1) is 19.8 Å². The molecule has 0 heterocycles. The molecule has 20 heavy (non-hydrogen) atoms. The van der Waals surface area contributed by atoms with Gasteiger partial charge in [0, 0.05) is 5.56 Å². The van der Waals surface area contributed by atoms with Crippen LogP contribution in [-0.4, -0.2) is 25.7 Å². The predicted octanol–water partition coefficient (Wildman–Crippen LogP) is 2.09. The third kappa shape index (κ3) is 3.79. The Morgan fingerprint density at radius 3 is 2.00 bits per heavy atom. The summed E-state index contributed by atoms with van der Waals surface area (Å²) in [4.78, 5) is 11.7. The molecule has 1 aromatic carbocycles. The lowest BCUT2D eigenvalue weighted by atomic mass is 10.1. The maximum absolute atomic E-state index is 11.7. The highest BCUT2D eigenvalue weighted by Gasteiger charge is 2.18. The van der Waals surface area contributed by atoms with Gasteiger partial charge in [0.15, 0.2) is 17.7 Å². The van der Waals surface area contributed by atoms with Crippen molar-refractivity contribution in [3.05, 3.63) is 17.7 Å². The van der Waals surface area contributed by atoms with Crippen molar-refractivity contribution < 1.29 is 19.0 Å². The molecule has 0 fully saturated rings. The van der Waals surface area contributed by atoms with Crippen molar-refractivity contribution in [1.82, 2.24) is 5.32 Å². The maximum Gasteiger partial charge on any atom is 0.264 e. The number of ether oxygens (including phenoxy) is 3. The Hall–Kier alpha value is -2.42. The van der Waals surface area contributed by atoms with Gasteiger partial charge in [0.2, 0.25) is 5.75 Å². The standard InChI is InChI=1S/C14H18N2O4/c1-4-18-11-7-10(14(17)16-9-15)8-12(19-5-2)13(11)20-6-3/h7-8H,4-6H2,1-3H3,(H,16,17). The fourth-order valence-corrected chi connectivity index (χ4v) is 1.64. The molecule has 6 nitrogen and oxygen atoms in total. The molecule has 0 saturated carbocycles. The fourth-order valence-electron chi connectivity index (χ4n) is 1.64. The Morgan fingerprint density at radius 1 is 1.10 bits per heavy atom. The number of nitriles is 1. The molecule has 1 N–H and O–H groups in total. The molecule has 0 aliphatic heterocycles. The summed E-state index contributed by atoms with van der Waals surface area (Å²) in [5.41, 5.74) is 0.280. The molecule has 0 aromatic heterocycles. The van der Waals surface area contributed by atoms with Crippen LogP contribution in [0.1, 0.15) is 31.1 Å². The number of carbonyl (C=O) groups excluding carboxylic acids is 1. The number of nitrogens with zero attached hydrogens (tertiary/aromatic N) is 1. The molecule has 1 rings (SSSR count). The van der Waals surface area contributed by atoms with Crippen LogP contribution < -0.4 is 19.5 Å². The first kappa shape index (κ1) is 15.6. The number of amides is 1. The average Bonchev–Trinajstić information content (AvgIpc) is 2.43. The number of nitrogens with one attached hydrogen (secondary N) is 1. The van der Waals surface area contributed by atoms with E-state index in [1.54, 1.807) is 6.19 Å². The Labute approximate surface area is 118 Å². The molecule has 0 radical (unpaired) electrons. The zero-order valence-corrected chi connectivity index (χ0v) is 11.9. The van der Waals surface area contributed by atoms with Gasteiger partial charge in [-0.25, -0.2) is 0 Å². The molecular weight excluding hydrogens is 260 g/mol. The summed E-state index contributed by atoms with van der Waals surface area (Å²) >= 11 is 0. The Morgan fingerprint density at radius 2 is 1.60 bits per heavy atom. The van der Waals surface area contributed by atoms with E-state index in [0.29, 0.717) is 37.1 Å². The minimum atomic E-state index is -0.516. The van der Waals surface area contributed by atoms with Gasteiger partial charge in [0.1, 0.15) is 0 Å². The first-order valence-corrected chi connectivity index (χ1v) is 6.43. The SMILES string of the molecule is CCOc1cc(C(=O)NC#N)cc(OCC)c1OCC. The first-order valence-electron chi connectivity index (χ1n) is 6.43. The zero-order chi connectivity index (χ0) is 15.0. The van der Waals surface area contributed by atoms with Crippen molar-refractivity contribution in [3.63, 3.8) is 0 Å².